The summed E-state index contributed by atoms with van der Waals surface area (Å²) in [6.07, 6.45) is 9.86. The Morgan fingerprint density at radius 3 is 0.686 bits per heavy atom. The molecule has 0 heterocycles. The van der Waals surface area contributed by atoms with E-state index in [2.05, 4.69) is 184 Å². The molecule has 0 atom stereocenters. The van der Waals surface area contributed by atoms with Crippen LogP contribution in [0, 0.1) is 38.4 Å². The summed E-state index contributed by atoms with van der Waals surface area (Å²) in [6.45, 7) is 50.8. The van der Waals surface area contributed by atoms with Gasteiger partial charge in [0.15, 0.2) is 0 Å². The van der Waals surface area contributed by atoms with Crippen molar-refractivity contribution < 1.29 is 0 Å². The Morgan fingerprint density at radius 2 is 0.529 bits per heavy atom. The molecule has 0 bridgehead atoms. The van der Waals surface area contributed by atoms with Crippen LogP contribution in [0.3, 0.4) is 0 Å². The molecule has 4 rings (SSSR count). The summed E-state index contributed by atoms with van der Waals surface area (Å²) in [6, 6.07) is 20.7. The Bertz CT molecular complexity index is 811. The summed E-state index contributed by atoms with van der Waals surface area (Å²) in [7, 11) is 0. The van der Waals surface area contributed by atoms with Crippen molar-refractivity contribution in [2.75, 3.05) is 0 Å². The van der Waals surface area contributed by atoms with Gasteiger partial charge >= 0.3 is 0 Å². The molecule has 0 amide bonds. The van der Waals surface area contributed by atoms with Crippen molar-refractivity contribution in [3.63, 3.8) is 0 Å². The average Bonchev–Trinajstić information content (AvgIpc) is 3.53. The van der Waals surface area contributed by atoms with Crippen LogP contribution in [-0.2, 0) is 12.8 Å². The second kappa shape index (κ2) is 29.8. The Morgan fingerprint density at radius 1 is 0.333 bits per heavy atom. The van der Waals surface area contributed by atoms with Gasteiger partial charge in [-0.2, -0.15) is 0 Å². The Kier molecular flexibility index (Phi) is 36.0. The molecule has 2 aliphatic rings. The van der Waals surface area contributed by atoms with Gasteiger partial charge in [0.1, 0.15) is 0 Å². The molecular formula is C51H102. The van der Waals surface area contributed by atoms with Gasteiger partial charge in [0.2, 0.25) is 0 Å². The zero-order valence-corrected chi connectivity index (χ0v) is 38.3. The predicted octanol–water partition coefficient (Wildman–Crippen LogP) is 18.6. The molecule has 2 aromatic rings. The smallest absolute Gasteiger partial charge is 0.0273 e. The van der Waals surface area contributed by atoms with E-state index in [0.29, 0.717) is 32.5 Å². The molecule has 0 N–H and O–H groups in total. The molecule has 2 aromatic carbocycles. The maximum atomic E-state index is 2.36. The van der Waals surface area contributed by atoms with E-state index in [4.69, 9.17) is 0 Å². The van der Waals surface area contributed by atoms with E-state index in [1.54, 1.807) is 11.1 Å². The van der Waals surface area contributed by atoms with Crippen molar-refractivity contribution in [1.82, 2.24) is 0 Å². The fourth-order valence-corrected chi connectivity index (χ4v) is 3.69. The minimum atomic E-state index is 0. The monoisotopic (exact) mass is 715 g/mol. The van der Waals surface area contributed by atoms with Gasteiger partial charge in [-0.25, -0.2) is 0 Å². The van der Waals surface area contributed by atoms with Gasteiger partial charge in [-0.1, -0.05) is 248 Å². The zero-order chi connectivity index (χ0) is 39.8. The van der Waals surface area contributed by atoms with Crippen molar-refractivity contribution in [2.45, 2.75) is 219 Å². The van der Waals surface area contributed by atoms with Crippen molar-refractivity contribution in [1.29, 1.82) is 0 Å². The first-order chi connectivity index (χ1) is 21.6. The van der Waals surface area contributed by atoms with E-state index in [1.807, 2.05) is 36.4 Å². The fourth-order valence-electron chi connectivity index (χ4n) is 3.69. The van der Waals surface area contributed by atoms with Crippen LogP contribution in [0.15, 0.2) is 60.7 Å². The molecule has 0 aliphatic heterocycles. The van der Waals surface area contributed by atoms with Crippen LogP contribution in [0.25, 0.3) is 0 Å². The Hall–Kier alpha value is -1.56. The minimum absolute atomic E-state index is 0. The summed E-state index contributed by atoms with van der Waals surface area (Å²) in [5.41, 5.74) is 6.21. The van der Waals surface area contributed by atoms with Crippen molar-refractivity contribution in [2.24, 2.45) is 38.4 Å². The normalized spacial score (nSPS) is 13.6. The highest BCUT2D eigenvalue weighted by Gasteiger charge is 2.26. The number of rotatable bonds is 0. The first-order valence-corrected chi connectivity index (χ1v) is 19.6. The lowest BCUT2D eigenvalue weighted by Gasteiger charge is -2.26. The van der Waals surface area contributed by atoms with E-state index < -0.39 is 0 Å². The molecule has 0 heteroatoms. The molecule has 0 saturated heterocycles. The number of fused-ring (bicyclic) bond motifs is 1. The number of benzene rings is 2. The third-order valence-electron chi connectivity index (χ3n) is 5.26. The van der Waals surface area contributed by atoms with E-state index in [1.165, 1.54) is 44.9 Å². The molecule has 0 aromatic heterocycles. The summed E-state index contributed by atoms with van der Waals surface area (Å²) < 4.78 is 0. The van der Waals surface area contributed by atoms with Crippen molar-refractivity contribution >= 4 is 0 Å². The van der Waals surface area contributed by atoms with E-state index in [0.717, 1.165) is 5.92 Å². The lowest BCUT2D eigenvalue weighted by Crippen LogP contribution is -2.16. The van der Waals surface area contributed by atoms with Crippen molar-refractivity contribution in [3.8, 4) is 0 Å². The highest BCUT2D eigenvalue weighted by atomic mass is 14.3. The minimum Gasteiger partial charge on any atom is -0.0776 e. The van der Waals surface area contributed by atoms with Gasteiger partial charge in [0.25, 0.3) is 0 Å². The zero-order valence-electron chi connectivity index (χ0n) is 38.3. The Balaban J connectivity index is -0.000000115. The summed E-state index contributed by atoms with van der Waals surface area (Å²) in [4.78, 5) is 0. The molecule has 0 spiro atoms. The SMILES string of the molecule is C.C.CC(C)(C)C.CC(C)(C)C.CC(C)(C)C.CC(C)(C)C.CC(C)(C)C.CC(C)(C)C1CCCC1.c1ccc2c(c1)CCC2.c1ccccc1. The van der Waals surface area contributed by atoms with Gasteiger partial charge in [-0.05, 0) is 81.6 Å². The van der Waals surface area contributed by atoms with E-state index in [-0.39, 0.29) is 14.9 Å². The molecule has 2 aliphatic carbocycles. The molecular weight excluding hydrogens is 613 g/mol. The third kappa shape index (κ3) is 88.1. The molecule has 0 nitrogen and oxygen atoms in total. The predicted molar refractivity (Wildman–Crippen MR) is 245 cm³/mol. The van der Waals surface area contributed by atoms with E-state index in [9.17, 15) is 0 Å². The standard InChI is InChI=1S/C9H10.C9H18.C6H6.5C5H12.2CH4/c1-2-5-9-7-3-6-8(9)4-1;1-9(2,3)8-6-4-5-7-8;1-2-4-6-5-3-1;5*1-5(2,3)4;;/h1-2,4-5H,3,6-7H2;8H,4-7H2,1-3H3;1-6H;5*1-4H3;2*1H4. The van der Waals surface area contributed by atoms with Crippen LogP contribution in [0.1, 0.15) is 217 Å². The molecule has 0 radical (unpaired) electrons. The quantitative estimate of drug-likeness (QED) is 0.255. The highest BCUT2D eigenvalue weighted by Crippen LogP contribution is 2.38. The lowest BCUT2D eigenvalue weighted by molar-refractivity contribution is 0.246. The topological polar surface area (TPSA) is 0 Å². The second-order valence-electron chi connectivity index (χ2n) is 23.1. The van der Waals surface area contributed by atoms with Gasteiger partial charge in [-0.15, -0.1) is 0 Å². The van der Waals surface area contributed by atoms with Gasteiger partial charge in [0.05, 0.1) is 0 Å². The van der Waals surface area contributed by atoms with Crippen LogP contribution in [-0.4, -0.2) is 0 Å². The second-order valence-corrected chi connectivity index (χ2v) is 23.1. The van der Waals surface area contributed by atoms with Crippen LogP contribution in [0.5, 0.6) is 0 Å². The lowest BCUT2D eigenvalue weighted by atomic mass is 9.80. The van der Waals surface area contributed by atoms with Crippen LogP contribution in [0.4, 0.5) is 0 Å². The van der Waals surface area contributed by atoms with Crippen LogP contribution in [0.2, 0.25) is 0 Å². The maximum Gasteiger partial charge on any atom is -0.0273 e. The third-order valence-corrected chi connectivity index (χ3v) is 5.26. The number of hydrogen-bond donors (Lipinski definition) is 0. The summed E-state index contributed by atoms with van der Waals surface area (Å²) in [5, 5.41) is 0. The first-order valence-electron chi connectivity index (χ1n) is 19.6. The number of hydrogen-bond acceptors (Lipinski definition) is 0. The van der Waals surface area contributed by atoms with Crippen LogP contribution >= 0.6 is 0 Å². The molecule has 306 valence electrons. The van der Waals surface area contributed by atoms with Crippen LogP contribution < -0.4 is 0 Å². The molecule has 1 saturated carbocycles. The van der Waals surface area contributed by atoms with Gasteiger partial charge in [0, 0.05) is 0 Å². The molecule has 51 heavy (non-hydrogen) atoms. The largest absolute Gasteiger partial charge is 0.0776 e. The van der Waals surface area contributed by atoms with Gasteiger partial charge in [-0.3, -0.25) is 0 Å². The highest BCUT2D eigenvalue weighted by molar-refractivity contribution is 5.30. The molecule has 0 unspecified atom stereocenters. The maximum absolute atomic E-state index is 2.36. The van der Waals surface area contributed by atoms with Gasteiger partial charge < -0.3 is 0 Å². The summed E-state index contributed by atoms with van der Waals surface area (Å²) in [5.74, 6) is 1.01. The number of aryl methyl sites for hydroxylation is 2. The fraction of sp³-hybridized carbons (Fsp3) is 0.765. The van der Waals surface area contributed by atoms with E-state index >= 15 is 0 Å². The first kappa shape index (κ1) is 61.5. The van der Waals surface area contributed by atoms with Crippen molar-refractivity contribution in [3.05, 3.63) is 71.8 Å². The Labute approximate surface area is 328 Å². The molecule has 1 fully saturated rings. The summed E-state index contributed by atoms with van der Waals surface area (Å²) >= 11 is 0. The average molecular weight is 715 g/mol.